The van der Waals surface area contributed by atoms with Gasteiger partial charge >= 0.3 is 0 Å². The van der Waals surface area contributed by atoms with Gasteiger partial charge < -0.3 is 16.0 Å². The predicted octanol–water partition coefficient (Wildman–Crippen LogP) is 3.05. The Morgan fingerprint density at radius 3 is 2.43 bits per heavy atom. The second-order valence-corrected chi connectivity index (χ2v) is 7.77. The Labute approximate surface area is 130 Å². The van der Waals surface area contributed by atoms with E-state index in [2.05, 4.69) is 24.1 Å². The third-order valence-corrected chi connectivity index (χ3v) is 5.82. The fraction of sp³-hybridized carbons (Fsp3) is 0.688. The lowest BCUT2D eigenvalue weighted by atomic mass is 9.92. The van der Waals surface area contributed by atoms with Crippen LogP contribution in [-0.4, -0.2) is 26.0 Å². The monoisotopic (exact) mass is 307 g/mol. The number of hydrogen-bond acceptors (Lipinski definition) is 4. The lowest BCUT2D eigenvalue weighted by Crippen LogP contribution is -2.38. The van der Waals surface area contributed by atoms with Gasteiger partial charge in [0.15, 0.2) is 0 Å². The Morgan fingerprint density at radius 1 is 1.29 bits per heavy atom. The van der Waals surface area contributed by atoms with Gasteiger partial charge in [-0.2, -0.15) is 0 Å². The Morgan fingerprint density at radius 2 is 1.90 bits per heavy atom. The molecule has 3 rings (SSSR count). The maximum Gasteiger partial charge on any atom is 0.263 e. The number of hydrogen-bond donors (Lipinski definition) is 2. The summed E-state index contributed by atoms with van der Waals surface area (Å²) < 4.78 is 0. The van der Waals surface area contributed by atoms with Crippen molar-refractivity contribution in [2.24, 2.45) is 11.8 Å². The summed E-state index contributed by atoms with van der Waals surface area (Å²) in [7, 11) is 1.67. The SMILES string of the molecule is CNC(=O)c1sc(N2CC(C)CC(C)C2)c(C2CC2)c1N. The van der Waals surface area contributed by atoms with Crippen LogP contribution < -0.4 is 16.0 Å². The van der Waals surface area contributed by atoms with E-state index >= 15 is 0 Å². The predicted molar refractivity (Wildman–Crippen MR) is 89.3 cm³/mol. The molecule has 1 aliphatic heterocycles. The summed E-state index contributed by atoms with van der Waals surface area (Å²) in [6, 6.07) is 0. The average molecular weight is 307 g/mol. The van der Waals surface area contributed by atoms with Gasteiger partial charge in [0, 0.05) is 25.7 Å². The highest BCUT2D eigenvalue weighted by molar-refractivity contribution is 7.18. The molecule has 116 valence electrons. The van der Waals surface area contributed by atoms with Gasteiger partial charge in [0.1, 0.15) is 4.88 Å². The average Bonchev–Trinajstić information content (AvgIpc) is 3.20. The van der Waals surface area contributed by atoms with Crippen molar-refractivity contribution in [1.29, 1.82) is 0 Å². The highest BCUT2D eigenvalue weighted by Gasteiger charge is 2.35. The van der Waals surface area contributed by atoms with Gasteiger partial charge in [0.2, 0.25) is 0 Å². The van der Waals surface area contributed by atoms with Gasteiger partial charge in [-0.15, -0.1) is 11.3 Å². The number of thiophene rings is 1. The van der Waals surface area contributed by atoms with E-state index in [4.69, 9.17) is 5.73 Å². The fourth-order valence-corrected chi connectivity index (χ4v) is 4.83. The molecule has 2 aliphatic rings. The topological polar surface area (TPSA) is 58.4 Å². The maximum absolute atomic E-state index is 12.1. The van der Waals surface area contributed by atoms with Crippen LogP contribution in [0.4, 0.5) is 10.7 Å². The molecule has 21 heavy (non-hydrogen) atoms. The molecule has 3 N–H and O–H groups in total. The molecule has 2 unspecified atom stereocenters. The van der Waals surface area contributed by atoms with Crippen molar-refractivity contribution in [2.75, 3.05) is 30.8 Å². The van der Waals surface area contributed by atoms with Crippen LogP contribution in [0.2, 0.25) is 0 Å². The number of anilines is 2. The molecular formula is C16H25N3OS. The summed E-state index contributed by atoms with van der Waals surface area (Å²) in [6.07, 6.45) is 3.71. The Kier molecular flexibility index (Phi) is 3.86. The first-order chi connectivity index (χ1) is 10.0. The van der Waals surface area contributed by atoms with Crippen molar-refractivity contribution in [3.63, 3.8) is 0 Å². The van der Waals surface area contributed by atoms with E-state index in [1.54, 1.807) is 18.4 Å². The lowest BCUT2D eigenvalue weighted by molar-refractivity contribution is 0.0968. The number of carbonyl (C=O) groups excluding carboxylic acids is 1. The Bertz CT molecular complexity index is 540. The number of nitrogens with zero attached hydrogens (tertiary/aromatic N) is 1. The molecule has 0 aromatic carbocycles. The molecule has 0 bridgehead atoms. The first-order valence-corrected chi connectivity index (χ1v) is 8.72. The molecular weight excluding hydrogens is 282 g/mol. The zero-order valence-corrected chi connectivity index (χ0v) is 13.9. The molecule has 1 saturated carbocycles. The molecule has 0 spiro atoms. The number of carbonyl (C=O) groups is 1. The van der Waals surface area contributed by atoms with Crippen LogP contribution >= 0.6 is 11.3 Å². The molecule has 1 aromatic heterocycles. The standard InChI is InChI=1S/C16H25N3OS/c1-9-6-10(2)8-19(7-9)16-12(11-4-5-11)13(17)14(21-16)15(20)18-3/h9-11H,4-8,17H2,1-3H3,(H,18,20). The Hall–Kier alpha value is -1.23. The first-order valence-electron chi connectivity index (χ1n) is 7.90. The maximum atomic E-state index is 12.1. The largest absolute Gasteiger partial charge is 0.397 e. The van der Waals surface area contributed by atoms with Gasteiger partial charge in [-0.1, -0.05) is 13.8 Å². The number of nitrogens with one attached hydrogen (secondary N) is 1. The number of piperidine rings is 1. The van der Waals surface area contributed by atoms with Crippen LogP contribution in [0, 0.1) is 11.8 Å². The first kappa shape index (κ1) is 14.7. The Balaban J connectivity index is 1.98. The van der Waals surface area contributed by atoms with Crippen LogP contribution in [-0.2, 0) is 0 Å². The van der Waals surface area contributed by atoms with Crippen molar-refractivity contribution < 1.29 is 4.79 Å². The van der Waals surface area contributed by atoms with Gasteiger partial charge in [0.25, 0.3) is 5.91 Å². The zero-order valence-electron chi connectivity index (χ0n) is 13.1. The third kappa shape index (κ3) is 2.76. The minimum Gasteiger partial charge on any atom is -0.397 e. The number of amides is 1. The second kappa shape index (κ2) is 5.52. The molecule has 1 amide bonds. The molecule has 5 heteroatoms. The molecule has 2 atom stereocenters. The summed E-state index contributed by atoms with van der Waals surface area (Å²) >= 11 is 1.59. The van der Waals surface area contributed by atoms with E-state index < -0.39 is 0 Å². The number of nitrogens with two attached hydrogens (primary N) is 1. The van der Waals surface area contributed by atoms with Gasteiger partial charge in [-0.05, 0) is 37.0 Å². The van der Waals surface area contributed by atoms with Crippen molar-refractivity contribution in [2.45, 2.75) is 39.0 Å². The highest BCUT2D eigenvalue weighted by Crippen LogP contribution is 2.52. The van der Waals surface area contributed by atoms with E-state index in [1.807, 2.05) is 0 Å². The van der Waals surface area contributed by atoms with E-state index in [-0.39, 0.29) is 5.91 Å². The van der Waals surface area contributed by atoms with Gasteiger partial charge in [-0.25, -0.2) is 0 Å². The van der Waals surface area contributed by atoms with Crippen molar-refractivity contribution >= 4 is 27.9 Å². The van der Waals surface area contributed by atoms with E-state index in [0.717, 1.165) is 18.8 Å². The third-order valence-electron chi connectivity index (χ3n) is 4.54. The van der Waals surface area contributed by atoms with Gasteiger partial charge in [0.05, 0.1) is 10.7 Å². The molecule has 2 heterocycles. The second-order valence-electron chi connectivity index (χ2n) is 6.77. The summed E-state index contributed by atoms with van der Waals surface area (Å²) in [5, 5.41) is 3.97. The summed E-state index contributed by atoms with van der Waals surface area (Å²) in [4.78, 5) is 15.2. The van der Waals surface area contributed by atoms with Crippen molar-refractivity contribution in [3.8, 4) is 0 Å². The van der Waals surface area contributed by atoms with Crippen LogP contribution in [0.15, 0.2) is 0 Å². The van der Waals surface area contributed by atoms with Crippen LogP contribution in [0.25, 0.3) is 0 Å². The van der Waals surface area contributed by atoms with Crippen molar-refractivity contribution in [3.05, 3.63) is 10.4 Å². The molecule has 1 aliphatic carbocycles. The zero-order chi connectivity index (χ0) is 15.1. The van der Waals surface area contributed by atoms with Crippen molar-refractivity contribution in [1.82, 2.24) is 5.32 Å². The van der Waals surface area contributed by atoms with E-state index in [9.17, 15) is 4.79 Å². The number of rotatable bonds is 3. The number of nitrogen functional groups attached to an aromatic ring is 1. The van der Waals surface area contributed by atoms with Crippen LogP contribution in [0.1, 0.15) is 54.3 Å². The molecule has 1 aromatic rings. The highest BCUT2D eigenvalue weighted by atomic mass is 32.1. The molecule has 4 nitrogen and oxygen atoms in total. The summed E-state index contributed by atoms with van der Waals surface area (Å²) in [5.41, 5.74) is 8.30. The molecule has 1 saturated heterocycles. The summed E-state index contributed by atoms with van der Waals surface area (Å²) in [6.45, 7) is 6.79. The molecule has 2 fully saturated rings. The van der Waals surface area contributed by atoms with E-state index in [1.165, 1.54) is 29.8 Å². The van der Waals surface area contributed by atoms with Gasteiger partial charge in [-0.3, -0.25) is 4.79 Å². The minimum absolute atomic E-state index is 0.0521. The van der Waals surface area contributed by atoms with E-state index in [0.29, 0.717) is 22.6 Å². The smallest absolute Gasteiger partial charge is 0.263 e. The van der Waals surface area contributed by atoms with Crippen LogP contribution in [0.5, 0.6) is 0 Å². The fourth-order valence-electron chi connectivity index (χ4n) is 3.56. The van der Waals surface area contributed by atoms with Crippen LogP contribution in [0.3, 0.4) is 0 Å². The normalized spacial score (nSPS) is 26.0. The minimum atomic E-state index is -0.0521. The quantitative estimate of drug-likeness (QED) is 0.902. The summed E-state index contributed by atoms with van der Waals surface area (Å²) in [5.74, 6) is 1.92. The molecule has 0 radical (unpaired) electrons. The lowest BCUT2D eigenvalue weighted by Gasteiger charge is -2.36.